The van der Waals surface area contributed by atoms with Crippen molar-refractivity contribution in [2.75, 3.05) is 11.9 Å². The van der Waals surface area contributed by atoms with Crippen molar-refractivity contribution in [3.05, 3.63) is 29.3 Å². The summed E-state index contributed by atoms with van der Waals surface area (Å²) in [6, 6.07) is 6.86. The van der Waals surface area contributed by atoms with Crippen molar-refractivity contribution >= 4 is 35.0 Å². The van der Waals surface area contributed by atoms with Gasteiger partial charge in [-0.15, -0.1) is 0 Å². The summed E-state index contributed by atoms with van der Waals surface area (Å²) in [5, 5.41) is 3.07. The molecule has 3 amide bonds. The SMILES string of the molecule is O=C(CN1C(=O)CC2(CCCCC2)C1=O)Nc1ccccc1Cl. The van der Waals surface area contributed by atoms with Crippen LogP contribution in [-0.4, -0.2) is 29.2 Å². The summed E-state index contributed by atoms with van der Waals surface area (Å²) in [6.45, 7) is -0.245. The van der Waals surface area contributed by atoms with Crippen LogP contribution >= 0.6 is 11.6 Å². The lowest BCUT2D eigenvalue weighted by Gasteiger charge is -2.30. The minimum Gasteiger partial charge on any atom is -0.323 e. The molecule has 2 fully saturated rings. The molecule has 23 heavy (non-hydrogen) atoms. The van der Waals surface area contributed by atoms with E-state index in [9.17, 15) is 14.4 Å². The van der Waals surface area contributed by atoms with Crippen LogP contribution < -0.4 is 5.32 Å². The average Bonchev–Trinajstić information content (AvgIpc) is 2.75. The molecule has 0 aromatic heterocycles. The van der Waals surface area contributed by atoms with Gasteiger partial charge in [0.2, 0.25) is 17.7 Å². The molecule has 3 rings (SSSR count). The van der Waals surface area contributed by atoms with E-state index in [2.05, 4.69) is 5.32 Å². The maximum atomic E-state index is 12.6. The smallest absolute Gasteiger partial charge is 0.244 e. The molecule has 1 saturated carbocycles. The molecule has 6 heteroatoms. The Morgan fingerprint density at radius 3 is 2.57 bits per heavy atom. The normalized spacial score (nSPS) is 20.1. The monoisotopic (exact) mass is 334 g/mol. The first-order valence-corrected chi connectivity index (χ1v) is 8.29. The summed E-state index contributed by atoms with van der Waals surface area (Å²) < 4.78 is 0. The molecule has 2 aliphatic rings. The highest BCUT2D eigenvalue weighted by Crippen LogP contribution is 2.45. The zero-order chi connectivity index (χ0) is 16.4. The Morgan fingerprint density at radius 2 is 1.87 bits per heavy atom. The van der Waals surface area contributed by atoms with Gasteiger partial charge in [0.25, 0.3) is 0 Å². The van der Waals surface area contributed by atoms with Gasteiger partial charge in [-0.1, -0.05) is 43.0 Å². The van der Waals surface area contributed by atoms with E-state index in [-0.39, 0.29) is 24.8 Å². The van der Waals surface area contributed by atoms with E-state index in [1.165, 1.54) is 0 Å². The average molecular weight is 335 g/mol. The number of nitrogens with zero attached hydrogens (tertiary/aromatic N) is 1. The van der Waals surface area contributed by atoms with Crippen LogP contribution in [0.4, 0.5) is 5.69 Å². The second-order valence-electron chi connectivity index (χ2n) is 6.33. The minimum atomic E-state index is -0.556. The molecule has 1 spiro atoms. The van der Waals surface area contributed by atoms with E-state index in [1.54, 1.807) is 24.3 Å². The number of carbonyl (C=O) groups is 3. The molecule has 1 saturated heterocycles. The van der Waals surface area contributed by atoms with Gasteiger partial charge in [0, 0.05) is 6.42 Å². The molecule has 1 aliphatic carbocycles. The van der Waals surface area contributed by atoms with Crippen LogP contribution in [0.2, 0.25) is 5.02 Å². The van der Waals surface area contributed by atoms with Crippen molar-refractivity contribution in [2.45, 2.75) is 38.5 Å². The standard InChI is InChI=1S/C17H19ClN2O3/c18-12-6-2-3-7-13(12)19-14(21)11-20-15(22)10-17(16(20)23)8-4-1-5-9-17/h2-3,6-7H,1,4-5,8-11H2,(H,19,21). The maximum Gasteiger partial charge on any atom is 0.244 e. The number of halogens is 1. The number of nitrogens with one attached hydrogen (secondary N) is 1. The minimum absolute atomic E-state index is 0.184. The molecular weight excluding hydrogens is 316 g/mol. The molecule has 1 N–H and O–H groups in total. The van der Waals surface area contributed by atoms with E-state index < -0.39 is 11.3 Å². The number of likely N-dealkylation sites (tertiary alicyclic amines) is 1. The van der Waals surface area contributed by atoms with Crippen molar-refractivity contribution < 1.29 is 14.4 Å². The lowest BCUT2D eigenvalue weighted by Crippen LogP contribution is -2.41. The molecule has 0 unspecified atom stereocenters. The number of benzene rings is 1. The van der Waals surface area contributed by atoms with E-state index in [4.69, 9.17) is 11.6 Å². The summed E-state index contributed by atoms with van der Waals surface area (Å²) in [6.07, 6.45) is 4.79. The summed E-state index contributed by atoms with van der Waals surface area (Å²) in [5.74, 6) is -0.838. The highest BCUT2D eigenvalue weighted by atomic mass is 35.5. The van der Waals surface area contributed by atoms with Crippen molar-refractivity contribution in [3.63, 3.8) is 0 Å². The number of imide groups is 1. The fraction of sp³-hybridized carbons (Fsp3) is 0.471. The molecule has 1 aromatic rings. The molecule has 0 bridgehead atoms. The van der Waals surface area contributed by atoms with Gasteiger partial charge in [-0.25, -0.2) is 0 Å². The molecular formula is C17H19ClN2O3. The number of para-hydroxylation sites is 1. The Morgan fingerprint density at radius 1 is 1.17 bits per heavy atom. The molecule has 1 aliphatic heterocycles. The Kier molecular flexibility index (Phi) is 4.39. The van der Waals surface area contributed by atoms with E-state index in [0.29, 0.717) is 10.7 Å². The second-order valence-corrected chi connectivity index (χ2v) is 6.74. The lowest BCUT2D eigenvalue weighted by molar-refractivity contribution is -0.144. The Hall–Kier alpha value is -1.88. The van der Waals surface area contributed by atoms with Gasteiger partial charge in [-0.3, -0.25) is 19.3 Å². The van der Waals surface area contributed by atoms with Crippen molar-refractivity contribution in [2.24, 2.45) is 5.41 Å². The van der Waals surface area contributed by atoms with Gasteiger partial charge in [0.1, 0.15) is 6.54 Å². The van der Waals surface area contributed by atoms with E-state index >= 15 is 0 Å². The number of amides is 3. The predicted octanol–water partition coefficient (Wildman–Crippen LogP) is 2.99. The van der Waals surface area contributed by atoms with Crippen LogP contribution in [0.3, 0.4) is 0 Å². The van der Waals surface area contributed by atoms with Gasteiger partial charge in [0.15, 0.2) is 0 Å². The zero-order valence-corrected chi connectivity index (χ0v) is 13.6. The topological polar surface area (TPSA) is 66.5 Å². The molecule has 122 valence electrons. The van der Waals surface area contributed by atoms with Crippen molar-refractivity contribution in [1.82, 2.24) is 4.90 Å². The number of hydrogen-bond acceptors (Lipinski definition) is 3. The van der Waals surface area contributed by atoms with Crippen LogP contribution in [0.5, 0.6) is 0 Å². The molecule has 1 aromatic carbocycles. The third kappa shape index (κ3) is 3.11. The highest BCUT2D eigenvalue weighted by Gasteiger charge is 2.51. The number of rotatable bonds is 3. The Balaban J connectivity index is 1.68. The molecule has 5 nitrogen and oxygen atoms in total. The quantitative estimate of drug-likeness (QED) is 0.864. The summed E-state index contributed by atoms with van der Waals surface area (Å²) >= 11 is 6.00. The number of carbonyl (C=O) groups excluding carboxylic acids is 3. The van der Waals surface area contributed by atoms with Gasteiger partial charge in [0.05, 0.1) is 16.1 Å². The van der Waals surface area contributed by atoms with Gasteiger partial charge in [-0.2, -0.15) is 0 Å². The van der Waals surface area contributed by atoms with Crippen LogP contribution in [0.1, 0.15) is 38.5 Å². The van der Waals surface area contributed by atoms with Gasteiger partial charge < -0.3 is 5.32 Å². The third-order valence-corrected chi connectivity index (χ3v) is 5.08. The lowest BCUT2D eigenvalue weighted by atomic mass is 9.73. The predicted molar refractivity (Wildman–Crippen MR) is 86.9 cm³/mol. The first-order valence-electron chi connectivity index (χ1n) is 7.91. The number of anilines is 1. The third-order valence-electron chi connectivity index (χ3n) is 4.75. The van der Waals surface area contributed by atoms with Crippen LogP contribution in [-0.2, 0) is 14.4 Å². The summed E-state index contributed by atoms with van der Waals surface area (Å²) in [4.78, 5) is 38.1. The van der Waals surface area contributed by atoms with E-state index in [1.807, 2.05) is 0 Å². The van der Waals surface area contributed by atoms with Crippen LogP contribution in [0, 0.1) is 5.41 Å². The first-order chi connectivity index (χ1) is 11.0. The zero-order valence-electron chi connectivity index (χ0n) is 12.8. The molecule has 0 radical (unpaired) electrons. The fourth-order valence-corrected chi connectivity index (χ4v) is 3.72. The summed E-state index contributed by atoms with van der Waals surface area (Å²) in [5.41, 5.74) is -0.0781. The largest absolute Gasteiger partial charge is 0.323 e. The molecule has 1 heterocycles. The Bertz CT molecular complexity index is 653. The molecule has 0 atom stereocenters. The second kappa shape index (κ2) is 6.32. The van der Waals surface area contributed by atoms with Gasteiger partial charge >= 0.3 is 0 Å². The van der Waals surface area contributed by atoms with Gasteiger partial charge in [-0.05, 0) is 25.0 Å². The first kappa shape index (κ1) is 16.0. The van der Waals surface area contributed by atoms with E-state index in [0.717, 1.165) is 37.0 Å². The highest BCUT2D eigenvalue weighted by molar-refractivity contribution is 6.33. The maximum absolute atomic E-state index is 12.6. The van der Waals surface area contributed by atoms with Crippen LogP contribution in [0.25, 0.3) is 0 Å². The van der Waals surface area contributed by atoms with Crippen molar-refractivity contribution in [1.29, 1.82) is 0 Å². The Labute approximate surface area is 140 Å². The van der Waals surface area contributed by atoms with Crippen LogP contribution in [0.15, 0.2) is 24.3 Å². The summed E-state index contributed by atoms with van der Waals surface area (Å²) in [7, 11) is 0. The van der Waals surface area contributed by atoms with Crippen molar-refractivity contribution in [3.8, 4) is 0 Å². The fourth-order valence-electron chi connectivity index (χ4n) is 3.54. The number of hydrogen-bond donors (Lipinski definition) is 1.